The van der Waals surface area contributed by atoms with Crippen molar-refractivity contribution in [2.24, 2.45) is 5.92 Å². The van der Waals surface area contributed by atoms with Gasteiger partial charge in [-0.25, -0.2) is 0 Å². The van der Waals surface area contributed by atoms with Crippen molar-refractivity contribution >= 4 is 5.69 Å². The summed E-state index contributed by atoms with van der Waals surface area (Å²) in [7, 11) is 0. The Morgan fingerprint density at radius 2 is 2.00 bits per heavy atom. The van der Waals surface area contributed by atoms with Gasteiger partial charge < -0.3 is 14.8 Å². The molecule has 0 bridgehead atoms. The van der Waals surface area contributed by atoms with Crippen molar-refractivity contribution in [2.45, 2.75) is 26.4 Å². The number of nitro groups is 1. The van der Waals surface area contributed by atoms with Crippen LogP contribution < -0.4 is 5.32 Å². The van der Waals surface area contributed by atoms with E-state index in [1.54, 1.807) is 30.3 Å². The Kier molecular flexibility index (Phi) is 5.30. The van der Waals surface area contributed by atoms with Crippen molar-refractivity contribution in [3.8, 4) is 11.3 Å². The summed E-state index contributed by atoms with van der Waals surface area (Å²) in [5.41, 5.74) is 0.495. The van der Waals surface area contributed by atoms with Gasteiger partial charge in [-0.05, 0) is 31.0 Å². The first kappa shape index (κ1) is 16.2. The molecule has 2 aromatic rings. The van der Waals surface area contributed by atoms with Crippen LogP contribution in [-0.2, 0) is 6.54 Å². The number of hydrogen-bond donors (Lipinski definition) is 2. The lowest BCUT2D eigenvalue weighted by Gasteiger charge is -2.18. The van der Waals surface area contributed by atoms with E-state index in [0.717, 1.165) is 0 Å². The van der Waals surface area contributed by atoms with Gasteiger partial charge >= 0.3 is 0 Å². The molecule has 0 radical (unpaired) electrons. The second-order valence-electron chi connectivity index (χ2n) is 5.37. The van der Waals surface area contributed by atoms with Gasteiger partial charge in [-0.2, -0.15) is 0 Å². The summed E-state index contributed by atoms with van der Waals surface area (Å²) in [6, 6.07) is 10.2. The number of nitrogens with one attached hydrogen (secondary N) is 1. The monoisotopic (exact) mass is 304 g/mol. The van der Waals surface area contributed by atoms with Gasteiger partial charge in [0.05, 0.1) is 17.0 Å². The predicted molar refractivity (Wildman–Crippen MR) is 83.3 cm³/mol. The Labute approximate surface area is 128 Å². The molecule has 2 rings (SSSR count). The average Bonchev–Trinajstić information content (AvgIpc) is 3.00. The SMILES string of the molecule is CC(CO)C(C)NCc1ccc(-c2ccccc2[N+](=O)[O-])o1. The molecule has 1 heterocycles. The van der Waals surface area contributed by atoms with Crippen molar-refractivity contribution in [1.82, 2.24) is 5.32 Å². The standard InChI is InChI=1S/C16H20N2O4/c1-11(10-19)12(2)17-9-13-7-8-16(22-13)14-5-3-4-6-15(14)18(20)21/h3-8,11-12,17,19H,9-10H2,1-2H3. The number of aliphatic hydroxyl groups is 1. The van der Waals surface area contributed by atoms with Gasteiger partial charge in [0, 0.05) is 18.7 Å². The number of nitrogens with zero attached hydrogens (tertiary/aromatic N) is 1. The minimum Gasteiger partial charge on any atom is -0.459 e. The molecule has 2 atom stereocenters. The summed E-state index contributed by atoms with van der Waals surface area (Å²) in [5, 5.41) is 23.4. The summed E-state index contributed by atoms with van der Waals surface area (Å²) in [6.07, 6.45) is 0. The molecule has 1 aromatic heterocycles. The van der Waals surface area contributed by atoms with Gasteiger partial charge in [0.1, 0.15) is 11.5 Å². The van der Waals surface area contributed by atoms with Gasteiger partial charge in [-0.1, -0.05) is 19.1 Å². The quantitative estimate of drug-likeness (QED) is 0.606. The maximum Gasteiger partial charge on any atom is 0.280 e. The van der Waals surface area contributed by atoms with Gasteiger partial charge in [0.15, 0.2) is 0 Å². The number of para-hydroxylation sites is 1. The lowest BCUT2D eigenvalue weighted by Crippen LogP contribution is -2.33. The predicted octanol–water partition coefficient (Wildman–Crippen LogP) is 2.96. The van der Waals surface area contributed by atoms with Crippen LogP contribution in [0, 0.1) is 16.0 Å². The molecule has 0 saturated carbocycles. The van der Waals surface area contributed by atoms with E-state index in [2.05, 4.69) is 5.32 Å². The lowest BCUT2D eigenvalue weighted by atomic mass is 10.1. The Morgan fingerprint density at radius 3 is 2.68 bits per heavy atom. The van der Waals surface area contributed by atoms with Crippen LogP contribution in [0.1, 0.15) is 19.6 Å². The normalized spacial score (nSPS) is 13.8. The molecule has 118 valence electrons. The van der Waals surface area contributed by atoms with E-state index in [1.807, 2.05) is 13.8 Å². The van der Waals surface area contributed by atoms with Crippen LogP contribution in [-0.4, -0.2) is 22.7 Å². The molecule has 0 aliphatic rings. The Morgan fingerprint density at radius 1 is 1.27 bits per heavy atom. The molecule has 0 saturated heterocycles. The number of benzene rings is 1. The second kappa shape index (κ2) is 7.20. The van der Waals surface area contributed by atoms with Crippen LogP contribution in [0.4, 0.5) is 5.69 Å². The molecule has 22 heavy (non-hydrogen) atoms. The summed E-state index contributed by atoms with van der Waals surface area (Å²) in [4.78, 5) is 10.6. The third kappa shape index (κ3) is 3.72. The van der Waals surface area contributed by atoms with Crippen LogP contribution >= 0.6 is 0 Å². The number of hydrogen-bond acceptors (Lipinski definition) is 5. The maximum absolute atomic E-state index is 11.1. The van der Waals surface area contributed by atoms with E-state index in [1.165, 1.54) is 6.07 Å². The highest BCUT2D eigenvalue weighted by atomic mass is 16.6. The van der Waals surface area contributed by atoms with Gasteiger partial charge in [0.25, 0.3) is 5.69 Å². The number of aliphatic hydroxyl groups excluding tert-OH is 1. The Hall–Kier alpha value is -2.18. The second-order valence-corrected chi connectivity index (χ2v) is 5.37. The average molecular weight is 304 g/mol. The Balaban J connectivity index is 2.11. The molecule has 0 fully saturated rings. The fraction of sp³-hybridized carbons (Fsp3) is 0.375. The van der Waals surface area contributed by atoms with E-state index in [4.69, 9.17) is 9.52 Å². The van der Waals surface area contributed by atoms with Crippen molar-refractivity contribution in [1.29, 1.82) is 0 Å². The lowest BCUT2D eigenvalue weighted by molar-refractivity contribution is -0.384. The molecule has 0 aliphatic heterocycles. The molecule has 0 aliphatic carbocycles. The molecule has 1 aromatic carbocycles. The smallest absolute Gasteiger partial charge is 0.280 e. The number of furan rings is 1. The molecular weight excluding hydrogens is 284 g/mol. The molecule has 0 spiro atoms. The minimum absolute atomic E-state index is 0.0265. The van der Waals surface area contributed by atoms with Gasteiger partial charge in [-0.15, -0.1) is 0 Å². The van der Waals surface area contributed by atoms with E-state index in [9.17, 15) is 10.1 Å². The van der Waals surface area contributed by atoms with Gasteiger partial charge in [-0.3, -0.25) is 10.1 Å². The maximum atomic E-state index is 11.1. The van der Waals surface area contributed by atoms with Crippen molar-refractivity contribution in [2.75, 3.05) is 6.61 Å². The minimum atomic E-state index is -0.416. The summed E-state index contributed by atoms with van der Waals surface area (Å²) < 4.78 is 5.69. The fourth-order valence-electron chi connectivity index (χ4n) is 2.08. The molecular formula is C16H20N2O4. The highest BCUT2D eigenvalue weighted by Crippen LogP contribution is 2.30. The zero-order valence-corrected chi connectivity index (χ0v) is 12.7. The highest BCUT2D eigenvalue weighted by Gasteiger charge is 2.17. The molecule has 0 amide bonds. The van der Waals surface area contributed by atoms with Crippen molar-refractivity contribution < 1.29 is 14.4 Å². The van der Waals surface area contributed by atoms with Crippen LogP contribution in [0.2, 0.25) is 0 Å². The zero-order valence-electron chi connectivity index (χ0n) is 12.7. The third-order valence-electron chi connectivity index (χ3n) is 3.77. The molecule has 6 heteroatoms. The number of rotatable bonds is 7. The summed E-state index contributed by atoms with van der Waals surface area (Å²) >= 11 is 0. The van der Waals surface area contributed by atoms with Crippen LogP contribution in [0.15, 0.2) is 40.8 Å². The van der Waals surface area contributed by atoms with E-state index in [0.29, 0.717) is 23.6 Å². The first-order chi connectivity index (χ1) is 10.5. The van der Waals surface area contributed by atoms with Crippen LogP contribution in [0.25, 0.3) is 11.3 Å². The van der Waals surface area contributed by atoms with E-state index in [-0.39, 0.29) is 24.3 Å². The van der Waals surface area contributed by atoms with E-state index >= 15 is 0 Å². The first-order valence-electron chi connectivity index (χ1n) is 7.19. The summed E-state index contributed by atoms with van der Waals surface area (Å²) in [6.45, 7) is 4.57. The largest absolute Gasteiger partial charge is 0.459 e. The van der Waals surface area contributed by atoms with E-state index < -0.39 is 4.92 Å². The van der Waals surface area contributed by atoms with Crippen LogP contribution in [0.3, 0.4) is 0 Å². The fourth-order valence-corrected chi connectivity index (χ4v) is 2.08. The first-order valence-corrected chi connectivity index (χ1v) is 7.19. The third-order valence-corrected chi connectivity index (χ3v) is 3.77. The zero-order chi connectivity index (χ0) is 16.1. The van der Waals surface area contributed by atoms with Crippen LogP contribution in [0.5, 0.6) is 0 Å². The van der Waals surface area contributed by atoms with Crippen molar-refractivity contribution in [3.05, 3.63) is 52.3 Å². The van der Waals surface area contributed by atoms with Gasteiger partial charge in [0.2, 0.25) is 0 Å². The molecule has 2 unspecified atom stereocenters. The Bertz CT molecular complexity index is 639. The summed E-state index contributed by atoms with van der Waals surface area (Å²) in [5.74, 6) is 1.32. The highest BCUT2D eigenvalue weighted by molar-refractivity contribution is 5.69. The topological polar surface area (TPSA) is 88.5 Å². The molecule has 2 N–H and O–H groups in total. The van der Waals surface area contributed by atoms with Crippen molar-refractivity contribution in [3.63, 3.8) is 0 Å². The number of nitro benzene ring substituents is 1. The molecule has 6 nitrogen and oxygen atoms in total.